The van der Waals surface area contributed by atoms with Crippen molar-refractivity contribution in [1.82, 2.24) is 5.32 Å². The fourth-order valence-electron chi connectivity index (χ4n) is 1.24. The Labute approximate surface area is 106 Å². The Morgan fingerprint density at radius 2 is 1.79 bits per heavy atom. The van der Waals surface area contributed by atoms with Crippen LogP contribution in [0.15, 0.2) is 12.1 Å². The highest BCUT2D eigenvalue weighted by Gasteiger charge is 2.18. The van der Waals surface area contributed by atoms with E-state index in [4.69, 9.17) is 5.11 Å². The lowest BCUT2D eigenvalue weighted by atomic mass is 10.2. The molecule has 0 saturated heterocycles. The number of aliphatic carboxylic acids is 1. The second kappa shape index (κ2) is 6.74. The van der Waals surface area contributed by atoms with Crippen LogP contribution in [0.4, 0.5) is 13.2 Å². The van der Waals surface area contributed by atoms with Crippen LogP contribution in [0.1, 0.15) is 10.4 Å². The third-order valence-corrected chi connectivity index (χ3v) is 1.99. The van der Waals surface area contributed by atoms with E-state index in [1.54, 1.807) is 0 Å². The minimum Gasteiger partial charge on any atom is -0.480 e. The number of amides is 1. The van der Waals surface area contributed by atoms with E-state index in [-0.39, 0.29) is 13.2 Å². The molecule has 0 radical (unpaired) electrons. The summed E-state index contributed by atoms with van der Waals surface area (Å²) in [6.07, 6.45) is 0. The lowest BCUT2D eigenvalue weighted by Crippen LogP contribution is -2.29. The summed E-state index contributed by atoms with van der Waals surface area (Å²) in [7, 11) is 0. The second-order valence-electron chi connectivity index (χ2n) is 3.45. The van der Waals surface area contributed by atoms with Crippen LogP contribution in [0.25, 0.3) is 0 Å². The molecule has 0 aliphatic rings. The number of carbonyl (C=O) groups excluding carboxylic acids is 1. The predicted molar refractivity (Wildman–Crippen MR) is 57.1 cm³/mol. The van der Waals surface area contributed by atoms with Crippen LogP contribution in [0.5, 0.6) is 0 Å². The standard InChI is InChI=1S/C11H10F3NO4/c12-6-3-7(13)10(8(14)4-6)11(18)15-1-2-19-5-9(16)17/h3-4H,1-2,5H2,(H,15,18)(H,16,17). The lowest BCUT2D eigenvalue weighted by Gasteiger charge is -2.07. The van der Waals surface area contributed by atoms with Crippen molar-refractivity contribution in [3.05, 3.63) is 35.1 Å². The Kier molecular flexibility index (Phi) is 5.31. The monoisotopic (exact) mass is 277 g/mol. The molecule has 1 aromatic rings. The number of benzene rings is 1. The van der Waals surface area contributed by atoms with Crippen molar-refractivity contribution in [3.63, 3.8) is 0 Å². The molecule has 0 atom stereocenters. The van der Waals surface area contributed by atoms with Crippen molar-refractivity contribution in [1.29, 1.82) is 0 Å². The molecular formula is C11H10F3NO4. The van der Waals surface area contributed by atoms with Crippen LogP contribution in [0.3, 0.4) is 0 Å². The van der Waals surface area contributed by atoms with E-state index in [2.05, 4.69) is 10.1 Å². The fourth-order valence-corrected chi connectivity index (χ4v) is 1.24. The number of nitrogens with one attached hydrogen (secondary N) is 1. The summed E-state index contributed by atoms with van der Waals surface area (Å²) >= 11 is 0. The molecule has 0 unspecified atom stereocenters. The zero-order valence-corrected chi connectivity index (χ0v) is 9.58. The maximum absolute atomic E-state index is 13.2. The highest BCUT2D eigenvalue weighted by atomic mass is 19.1. The maximum Gasteiger partial charge on any atom is 0.329 e. The molecule has 2 N–H and O–H groups in total. The molecule has 0 saturated carbocycles. The van der Waals surface area contributed by atoms with Crippen LogP contribution in [0, 0.1) is 17.5 Å². The first kappa shape index (κ1) is 15.0. The number of hydrogen-bond donors (Lipinski definition) is 2. The molecule has 0 heterocycles. The van der Waals surface area contributed by atoms with Gasteiger partial charge in [0.15, 0.2) is 0 Å². The Morgan fingerprint density at radius 1 is 1.21 bits per heavy atom. The molecule has 1 aromatic carbocycles. The molecule has 1 amide bonds. The van der Waals surface area contributed by atoms with Crippen LogP contribution in [0.2, 0.25) is 0 Å². The van der Waals surface area contributed by atoms with Crippen molar-refractivity contribution >= 4 is 11.9 Å². The van der Waals surface area contributed by atoms with E-state index in [1.807, 2.05) is 0 Å². The van der Waals surface area contributed by atoms with Gasteiger partial charge in [0.2, 0.25) is 0 Å². The molecule has 0 aliphatic carbocycles. The first-order chi connectivity index (χ1) is 8.91. The van der Waals surface area contributed by atoms with Gasteiger partial charge in [-0.15, -0.1) is 0 Å². The van der Waals surface area contributed by atoms with Gasteiger partial charge in [-0.05, 0) is 0 Å². The number of halogens is 3. The molecule has 104 valence electrons. The zero-order chi connectivity index (χ0) is 14.4. The third-order valence-electron chi connectivity index (χ3n) is 1.99. The molecule has 0 bridgehead atoms. The summed E-state index contributed by atoms with van der Waals surface area (Å²) < 4.78 is 43.6. The summed E-state index contributed by atoms with van der Waals surface area (Å²) in [5, 5.41) is 10.4. The number of carboxylic acid groups (broad SMARTS) is 1. The lowest BCUT2D eigenvalue weighted by molar-refractivity contribution is -0.142. The molecule has 5 nitrogen and oxygen atoms in total. The van der Waals surface area contributed by atoms with Gasteiger partial charge in [-0.3, -0.25) is 4.79 Å². The van der Waals surface area contributed by atoms with Gasteiger partial charge in [0.05, 0.1) is 6.61 Å². The van der Waals surface area contributed by atoms with Gasteiger partial charge in [-0.25, -0.2) is 18.0 Å². The summed E-state index contributed by atoms with van der Waals surface area (Å²) in [5.74, 6) is -6.02. The van der Waals surface area contributed by atoms with Crippen molar-refractivity contribution < 1.29 is 32.6 Å². The molecule has 0 spiro atoms. The van der Waals surface area contributed by atoms with Crippen molar-refractivity contribution in [2.75, 3.05) is 19.8 Å². The summed E-state index contributed by atoms with van der Waals surface area (Å²) in [4.78, 5) is 21.5. The Morgan fingerprint density at radius 3 is 2.32 bits per heavy atom. The first-order valence-corrected chi connectivity index (χ1v) is 5.14. The summed E-state index contributed by atoms with van der Waals surface area (Å²) in [6.45, 7) is -0.819. The third kappa shape index (κ3) is 4.59. The van der Waals surface area contributed by atoms with Crippen molar-refractivity contribution in [2.45, 2.75) is 0 Å². The first-order valence-electron chi connectivity index (χ1n) is 5.14. The molecule has 0 fully saturated rings. The van der Waals surface area contributed by atoms with E-state index in [9.17, 15) is 22.8 Å². The van der Waals surface area contributed by atoms with E-state index >= 15 is 0 Å². The van der Waals surface area contributed by atoms with Gasteiger partial charge < -0.3 is 15.2 Å². The highest BCUT2D eigenvalue weighted by Crippen LogP contribution is 2.14. The summed E-state index contributed by atoms with van der Waals surface area (Å²) in [5.41, 5.74) is -0.903. The Balaban J connectivity index is 2.52. The van der Waals surface area contributed by atoms with Crippen LogP contribution >= 0.6 is 0 Å². The van der Waals surface area contributed by atoms with E-state index in [0.29, 0.717) is 12.1 Å². The summed E-state index contributed by atoms with van der Waals surface area (Å²) in [6, 6.07) is 0.776. The second-order valence-corrected chi connectivity index (χ2v) is 3.45. The Bertz CT molecular complexity index is 470. The quantitative estimate of drug-likeness (QED) is 0.759. The number of carboxylic acids is 1. The minimum absolute atomic E-state index is 0.136. The molecular weight excluding hydrogens is 267 g/mol. The average Bonchev–Trinajstić information content (AvgIpc) is 2.26. The van der Waals surface area contributed by atoms with Gasteiger partial charge in [-0.1, -0.05) is 0 Å². The molecule has 19 heavy (non-hydrogen) atoms. The van der Waals surface area contributed by atoms with E-state index < -0.39 is 41.5 Å². The van der Waals surface area contributed by atoms with Crippen LogP contribution < -0.4 is 5.32 Å². The number of rotatable bonds is 6. The van der Waals surface area contributed by atoms with Crippen molar-refractivity contribution in [2.24, 2.45) is 0 Å². The number of hydrogen-bond acceptors (Lipinski definition) is 3. The van der Waals surface area contributed by atoms with Crippen LogP contribution in [-0.2, 0) is 9.53 Å². The van der Waals surface area contributed by atoms with Gasteiger partial charge >= 0.3 is 5.97 Å². The molecule has 0 aliphatic heterocycles. The zero-order valence-electron chi connectivity index (χ0n) is 9.58. The van der Waals surface area contributed by atoms with Gasteiger partial charge in [-0.2, -0.15) is 0 Å². The number of ether oxygens (including phenoxy) is 1. The fraction of sp³-hybridized carbons (Fsp3) is 0.273. The highest BCUT2D eigenvalue weighted by molar-refractivity contribution is 5.94. The normalized spacial score (nSPS) is 10.3. The minimum atomic E-state index is -1.32. The smallest absolute Gasteiger partial charge is 0.329 e. The van der Waals surface area contributed by atoms with Gasteiger partial charge in [0, 0.05) is 18.7 Å². The van der Waals surface area contributed by atoms with Crippen LogP contribution in [-0.4, -0.2) is 36.7 Å². The average molecular weight is 277 g/mol. The Hall–Kier alpha value is -2.09. The number of carbonyl (C=O) groups is 2. The van der Waals surface area contributed by atoms with Gasteiger partial charge in [0.25, 0.3) is 5.91 Å². The molecule has 8 heteroatoms. The SMILES string of the molecule is O=C(O)COCCNC(=O)c1c(F)cc(F)cc1F. The molecule has 1 rings (SSSR count). The van der Waals surface area contributed by atoms with Gasteiger partial charge in [0.1, 0.15) is 29.6 Å². The topological polar surface area (TPSA) is 75.6 Å². The van der Waals surface area contributed by atoms with E-state index in [1.165, 1.54) is 0 Å². The largest absolute Gasteiger partial charge is 0.480 e. The van der Waals surface area contributed by atoms with E-state index in [0.717, 1.165) is 0 Å². The maximum atomic E-state index is 13.2. The van der Waals surface area contributed by atoms with Crippen molar-refractivity contribution in [3.8, 4) is 0 Å². The molecule has 0 aromatic heterocycles. The predicted octanol–water partition coefficient (Wildman–Crippen LogP) is 0.935.